The standard InChI is InChI=1S/C30H21ClN4O8/c31-8-7-16-18(12-20(36)25-23(16)24(29(39)40)26(35-25)30(41)42)34-27(37)19-10-14-9-15(5-6-17(14)33-19)32-28(38)22-11-13-3-1-2-4-21(13)43-22/h1-6,9-12,33,35-36H,7-8H2,(H,32,38)(H,34,37)(H,39,40)(H,41,42). The number of H-pyrrole nitrogens is 2. The number of phenols is 1. The molecule has 0 radical (unpaired) electrons. The predicted molar refractivity (Wildman–Crippen MR) is 159 cm³/mol. The quantitative estimate of drug-likeness (QED) is 0.107. The van der Waals surface area contributed by atoms with Gasteiger partial charge in [0, 0.05) is 45.0 Å². The Morgan fingerprint density at radius 3 is 2.37 bits per heavy atom. The molecule has 7 N–H and O–H groups in total. The molecule has 3 aromatic carbocycles. The topological polar surface area (TPSA) is 198 Å². The van der Waals surface area contributed by atoms with E-state index in [9.17, 15) is 34.5 Å². The smallest absolute Gasteiger partial charge is 0.353 e. The number of hydrogen-bond acceptors (Lipinski definition) is 6. The summed E-state index contributed by atoms with van der Waals surface area (Å²) in [4.78, 5) is 55.2. The monoisotopic (exact) mass is 600 g/mol. The van der Waals surface area contributed by atoms with Gasteiger partial charge in [-0.25, -0.2) is 9.59 Å². The number of rotatable bonds is 8. The predicted octanol–water partition coefficient (Wildman–Crippen LogP) is 5.78. The highest BCUT2D eigenvalue weighted by atomic mass is 35.5. The maximum Gasteiger partial charge on any atom is 0.353 e. The van der Waals surface area contributed by atoms with Gasteiger partial charge in [-0.1, -0.05) is 18.2 Å². The average Bonchev–Trinajstić information content (AvgIpc) is 3.70. The summed E-state index contributed by atoms with van der Waals surface area (Å²) < 4.78 is 5.62. The molecule has 0 saturated heterocycles. The van der Waals surface area contributed by atoms with Crippen LogP contribution in [0.2, 0.25) is 0 Å². The van der Waals surface area contributed by atoms with Gasteiger partial charge in [0.15, 0.2) is 5.76 Å². The van der Waals surface area contributed by atoms with Crippen molar-refractivity contribution in [1.82, 2.24) is 9.97 Å². The third-order valence-electron chi connectivity index (χ3n) is 6.96. The van der Waals surface area contributed by atoms with E-state index >= 15 is 0 Å². The summed E-state index contributed by atoms with van der Waals surface area (Å²) in [6, 6.07) is 16.7. The Balaban J connectivity index is 1.30. The lowest BCUT2D eigenvalue weighted by Gasteiger charge is -2.13. The van der Waals surface area contributed by atoms with E-state index in [2.05, 4.69) is 20.6 Å². The van der Waals surface area contributed by atoms with Gasteiger partial charge < -0.3 is 40.3 Å². The number of aromatic nitrogens is 2. The summed E-state index contributed by atoms with van der Waals surface area (Å²) in [5, 5.41) is 36.7. The van der Waals surface area contributed by atoms with Gasteiger partial charge in [0.2, 0.25) is 0 Å². The Labute approximate surface area is 245 Å². The van der Waals surface area contributed by atoms with Gasteiger partial charge >= 0.3 is 11.9 Å². The molecule has 12 nitrogen and oxygen atoms in total. The van der Waals surface area contributed by atoms with Crippen molar-refractivity contribution in [3.63, 3.8) is 0 Å². The number of furan rings is 1. The Hall–Kier alpha value is -5.75. The van der Waals surface area contributed by atoms with E-state index in [0.717, 1.165) is 5.39 Å². The summed E-state index contributed by atoms with van der Waals surface area (Å²) in [5.41, 5.74) is 0.803. The van der Waals surface area contributed by atoms with Crippen LogP contribution in [0.3, 0.4) is 0 Å². The van der Waals surface area contributed by atoms with Crippen molar-refractivity contribution < 1.29 is 38.9 Å². The lowest BCUT2D eigenvalue weighted by molar-refractivity contribution is 0.0649. The van der Waals surface area contributed by atoms with Crippen LogP contribution in [0.25, 0.3) is 32.8 Å². The van der Waals surface area contributed by atoms with Crippen molar-refractivity contribution in [1.29, 1.82) is 0 Å². The second kappa shape index (κ2) is 10.6. The fourth-order valence-electron chi connectivity index (χ4n) is 5.07. The van der Waals surface area contributed by atoms with E-state index in [4.69, 9.17) is 16.0 Å². The number of anilines is 2. The van der Waals surface area contributed by atoms with Gasteiger partial charge in [-0.05, 0) is 48.4 Å². The molecule has 3 heterocycles. The number of aromatic hydroxyl groups is 1. The molecule has 0 aliphatic heterocycles. The van der Waals surface area contributed by atoms with Gasteiger partial charge in [0.25, 0.3) is 11.8 Å². The fourth-order valence-corrected chi connectivity index (χ4v) is 5.26. The highest BCUT2D eigenvalue weighted by molar-refractivity contribution is 6.19. The fraction of sp³-hybridized carbons (Fsp3) is 0.0667. The maximum absolute atomic E-state index is 13.3. The van der Waals surface area contributed by atoms with E-state index in [1.807, 2.05) is 18.2 Å². The first-order valence-electron chi connectivity index (χ1n) is 12.8. The minimum absolute atomic E-state index is 0.0182. The van der Waals surface area contributed by atoms with Crippen molar-refractivity contribution in [2.24, 2.45) is 0 Å². The molecule has 216 valence electrons. The largest absolute Gasteiger partial charge is 0.506 e. The molecular weight excluding hydrogens is 580 g/mol. The van der Waals surface area contributed by atoms with Gasteiger partial charge in [0.05, 0.1) is 5.52 Å². The molecule has 0 bridgehead atoms. The molecule has 3 aromatic heterocycles. The van der Waals surface area contributed by atoms with Gasteiger partial charge in [-0.2, -0.15) is 0 Å². The Morgan fingerprint density at radius 2 is 1.65 bits per heavy atom. The van der Waals surface area contributed by atoms with Crippen LogP contribution in [0.5, 0.6) is 5.75 Å². The third-order valence-corrected chi connectivity index (χ3v) is 7.15. The summed E-state index contributed by atoms with van der Waals surface area (Å²) in [6.45, 7) is 0. The molecule has 0 unspecified atom stereocenters. The zero-order valence-corrected chi connectivity index (χ0v) is 22.7. The molecule has 0 spiro atoms. The van der Waals surface area contributed by atoms with Crippen molar-refractivity contribution in [3.8, 4) is 5.75 Å². The van der Waals surface area contributed by atoms with E-state index in [-0.39, 0.29) is 45.9 Å². The third kappa shape index (κ3) is 4.89. The van der Waals surface area contributed by atoms with E-state index in [0.29, 0.717) is 22.2 Å². The van der Waals surface area contributed by atoms with Gasteiger partial charge in [-0.3, -0.25) is 9.59 Å². The van der Waals surface area contributed by atoms with E-state index < -0.39 is 40.8 Å². The number of carboxylic acids is 2. The number of hydrogen-bond donors (Lipinski definition) is 7. The van der Waals surface area contributed by atoms with E-state index in [1.165, 1.54) is 6.07 Å². The number of carbonyl (C=O) groups is 4. The molecule has 0 fully saturated rings. The van der Waals surface area contributed by atoms with Crippen LogP contribution in [0.15, 0.2) is 65.1 Å². The molecule has 0 aliphatic carbocycles. The molecule has 0 atom stereocenters. The second-order valence-electron chi connectivity index (χ2n) is 9.64. The van der Waals surface area contributed by atoms with Crippen molar-refractivity contribution in [3.05, 3.63) is 88.9 Å². The number of halogens is 1. The average molecular weight is 601 g/mol. The van der Waals surface area contributed by atoms with Crippen molar-refractivity contribution >= 4 is 79.5 Å². The molecular formula is C30H21ClN4O8. The number of alkyl halides is 1. The summed E-state index contributed by atoms with van der Waals surface area (Å²) in [5.74, 6) is -4.41. The molecule has 13 heteroatoms. The minimum Gasteiger partial charge on any atom is -0.506 e. The zero-order chi connectivity index (χ0) is 30.4. The van der Waals surface area contributed by atoms with Crippen LogP contribution in [0, 0.1) is 0 Å². The Kier molecular flexibility index (Phi) is 6.75. The molecule has 0 saturated carbocycles. The number of nitrogens with one attached hydrogen (secondary N) is 4. The Bertz CT molecular complexity index is 2090. The van der Waals surface area contributed by atoms with Crippen LogP contribution in [-0.4, -0.2) is 54.9 Å². The molecule has 43 heavy (non-hydrogen) atoms. The van der Waals surface area contributed by atoms with Crippen LogP contribution in [-0.2, 0) is 6.42 Å². The molecule has 6 rings (SSSR count). The molecule has 0 aliphatic rings. The SMILES string of the molecule is O=C(Nc1cc(O)c2[nH]c(C(=O)O)c(C(=O)O)c2c1CCCl)c1cc2cc(NC(=O)c3cc4ccccc4o3)ccc2[nH]1. The number of para-hydroxylation sites is 1. The van der Waals surface area contributed by atoms with Crippen LogP contribution in [0.1, 0.15) is 47.5 Å². The normalized spacial score (nSPS) is 11.3. The van der Waals surface area contributed by atoms with Crippen LogP contribution in [0.4, 0.5) is 11.4 Å². The summed E-state index contributed by atoms with van der Waals surface area (Å²) >= 11 is 5.98. The highest BCUT2D eigenvalue weighted by Gasteiger charge is 2.28. The first kappa shape index (κ1) is 27.4. The van der Waals surface area contributed by atoms with E-state index in [1.54, 1.807) is 36.4 Å². The number of fused-ring (bicyclic) bond motifs is 3. The number of carbonyl (C=O) groups excluding carboxylic acids is 2. The maximum atomic E-state index is 13.3. The number of aryl methyl sites for hydroxylation is 1. The second-order valence-corrected chi connectivity index (χ2v) is 10.0. The zero-order valence-electron chi connectivity index (χ0n) is 21.9. The number of amides is 2. The highest BCUT2D eigenvalue weighted by Crippen LogP contribution is 2.38. The number of aromatic carboxylic acids is 2. The van der Waals surface area contributed by atoms with Gasteiger partial charge in [0.1, 0.15) is 28.3 Å². The van der Waals surface area contributed by atoms with Crippen molar-refractivity contribution in [2.45, 2.75) is 6.42 Å². The summed E-state index contributed by atoms with van der Waals surface area (Å²) in [7, 11) is 0. The van der Waals surface area contributed by atoms with Gasteiger partial charge in [-0.15, -0.1) is 11.6 Å². The molecule has 2 amide bonds. The Morgan fingerprint density at radius 1 is 0.860 bits per heavy atom. The van der Waals surface area contributed by atoms with Crippen molar-refractivity contribution in [2.75, 3.05) is 16.5 Å². The van der Waals surface area contributed by atoms with Crippen LogP contribution >= 0.6 is 11.6 Å². The number of carboxylic acid groups (broad SMARTS) is 2. The lowest BCUT2D eigenvalue weighted by Crippen LogP contribution is -2.14. The summed E-state index contributed by atoms with van der Waals surface area (Å²) in [6.07, 6.45) is 0.0616. The minimum atomic E-state index is -1.53. The number of aromatic amines is 2. The lowest BCUT2D eigenvalue weighted by atomic mass is 9.99. The van der Waals surface area contributed by atoms with Crippen LogP contribution < -0.4 is 10.6 Å². The number of phenolic OH excluding ortho intramolecular Hbond substituents is 1. The first-order valence-corrected chi connectivity index (χ1v) is 13.3. The first-order chi connectivity index (χ1) is 20.6. The number of benzene rings is 3. The molecule has 6 aromatic rings.